The van der Waals surface area contributed by atoms with Gasteiger partial charge in [-0.1, -0.05) is 37.0 Å². The van der Waals surface area contributed by atoms with Crippen molar-refractivity contribution in [2.75, 3.05) is 6.54 Å². The van der Waals surface area contributed by atoms with Crippen LogP contribution in [0.2, 0.25) is 10.0 Å². The second kappa shape index (κ2) is 6.41. The van der Waals surface area contributed by atoms with Gasteiger partial charge >= 0.3 is 0 Å². The van der Waals surface area contributed by atoms with Crippen molar-refractivity contribution >= 4 is 29.1 Å². The molecule has 3 nitrogen and oxygen atoms in total. The highest BCUT2D eigenvalue weighted by Gasteiger charge is 2.21. The average molecular weight is 289 g/mol. The van der Waals surface area contributed by atoms with Crippen LogP contribution in [0.4, 0.5) is 0 Å². The minimum absolute atomic E-state index is 0.251. The number of carbonyl (C=O) groups excluding carboxylic acids is 1. The molecule has 0 aliphatic heterocycles. The van der Waals surface area contributed by atoms with E-state index in [1.807, 2.05) is 13.8 Å². The summed E-state index contributed by atoms with van der Waals surface area (Å²) in [5, 5.41) is 3.67. The number of carbonyl (C=O) groups is 1. The number of benzene rings is 1. The largest absolute Gasteiger partial charge is 0.350 e. The molecule has 0 atom stereocenters. The van der Waals surface area contributed by atoms with Crippen molar-refractivity contribution in [2.45, 2.75) is 32.2 Å². The Bertz CT molecular complexity index is 431. The lowest BCUT2D eigenvalue weighted by Gasteiger charge is -2.26. The smallest absolute Gasteiger partial charge is 0.252 e. The topological polar surface area (TPSA) is 55.1 Å². The van der Waals surface area contributed by atoms with Crippen molar-refractivity contribution in [3.63, 3.8) is 0 Å². The number of hydrogen-bond acceptors (Lipinski definition) is 2. The third-order valence-electron chi connectivity index (χ3n) is 3.18. The minimum atomic E-state index is -0.374. The molecule has 18 heavy (non-hydrogen) atoms. The Hall–Kier alpha value is -0.770. The van der Waals surface area contributed by atoms with Crippen LogP contribution in [0.1, 0.15) is 37.0 Å². The molecule has 5 heteroatoms. The maximum atomic E-state index is 12.0. The molecule has 0 saturated carbocycles. The first-order valence-electron chi connectivity index (χ1n) is 5.94. The zero-order chi connectivity index (χ0) is 13.8. The lowest BCUT2D eigenvalue weighted by molar-refractivity contribution is 0.0942. The van der Waals surface area contributed by atoms with Crippen LogP contribution in [0.25, 0.3) is 0 Å². The predicted molar refractivity (Wildman–Crippen MR) is 76.3 cm³/mol. The molecule has 0 unspecified atom stereocenters. The molecule has 0 aromatic heterocycles. The van der Waals surface area contributed by atoms with Gasteiger partial charge in [0.15, 0.2) is 0 Å². The number of rotatable bonds is 5. The molecule has 1 amide bonds. The Kier molecular flexibility index (Phi) is 5.45. The number of halogens is 2. The Morgan fingerprint density at radius 2 is 1.94 bits per heavy atom. The van der Waals surface area contributed by atoms with E-state index >= 15 is 0 Å². The third kappa shape index (κ3) is 3.87. The van der Waals surface area contributed by atoms with Crippen molar-refractivity contribution in [2.24, 2.45) is 5.73 Å². The maximum absolute atomic E-state index is 12.0. The van der Waals surface area contributed by atoms with E-state index in [2.05, 4.69) is 5.32 Å². The number of nitrogens with one attached hydrogen (secondary N) is 1. The van der Waals surface area contributed by atoms with E-state index in [9.17, 15) is 4.79 Å². The van der Waals surface area contributed by atoms with Gasteiger partial charge in [-0.2, -0.15) is 0 Å². The first kappa shape index (κ1) is 15.3. The zero-order valence-corrected chi connectivity index (χ0v) is 12.1. The van der Waals surface area contributed by atoms with Crippen LogP contribution < -0.4 is 11.1 Å². The van der Waals surface area contributed by atoms with E-state index in [-0.39, 0.29) is 11.4 Å². The van der Waals surface area contributed by atoms with Crippen LogP contribution in [0.3, 0.4) is 0 Å². The van der Waals surface area contributed by atoms with Crippen LogP contribution in [0, 0.1) is 0 Å². The molecule has 1 rings (SSSR count). The molecule has 0 fully saturated rings. The monoisotopic (exact) mass is 288 g/mol. The van der Waals surface area contributed by atoms with Crippen molar-refractivity contribution in [1.29, 1.82) is 0 Å². The quantitative estimate of drug-likeness (QED) is 0.874. The number of hydrogen-bond donors (Lipinski definition) is 2. The highest BCUT2D eigenvalue weighted by Crippen LogP contribution is 2.20. The molecular weight excluding hydrogens is 271 g/mol. The van der Waals surface area contributed by atoms with E-state index in [4.69, 9.17) is 28.9 Å². The molecular formula is C13H18Cl2N2O. The summed E-state index contributed by atoms with van der Waals surface area (Å²) in [6, 6.07) is 4.80. The molecule has 0 heterocycles. The van der Waals surface area contributed by atoms with Gasteiger partial charge in [0.2, 0.25) is 0 Å². The predicted octanol–water partition coefficient (Wildman–Crippen LogP) is 3.24. The third-order valence-corrected chi connectivity index (χ3v) is 3.75. The van der Waals surface area contributed by atoms with Gasteiger partial charge in [-0.3, -0.25) is 4.79 Å². The summed E-state index contributed by atoms with van der Waals surface area (Å²) in [6.45, 7) is 4.42. The summed E-state index contributed by atoms with van der Waals surface area (Å²) >= 11 is 11.8. The molecule has 1 aromatic carbocycles. The first-order valence-corrected chi connectivity index (χ1v) is 6.69. The second-order valence-electron chi connectivity index (χ2n) is 4.38. The van der Waals surface area contributed by atoms with E-state index in [0.717, 1.165) is 12.8 Å². The van der Waals surface area contributed by atoms with Gasteiger partial charge in [0.25, 0.3) is 5.91 Å². The fraction of sp³-hybridized carbons (Fsp3) is 0.462. The molecule has 100 valence electrons. The summed E-state index contributed by atoms with van der Waals surface area (Å²) in [4.78, 5) is 12.0. The van der Waals surface area contributed by atoms with Crippen LogP contribution in [-0.2, 0) is 0 Å². The minimum Gasteiger partial charge on any atom is -0.350 e. The van der Waals surface area contributed by atoms with Crippen molar-refractivity contribution < 1.29 is 4.79 Å². The molecule has 0 aliphatic carbocycles. The van der Waals surface area contributed by atoms with Crippen molar-refractivity contribution in [3.8, 4) is 0 Å². The highest BCUT2D eigenvalue weighted by atomic mass is 35.5. The number of nitrogens with two attached hydrogens (primary N) is 1. The SMILES string of the molecule is CCC(N)(CC)CNC(=O)c1cc(Cl)ccc1Cl. The summed E-state index contributed by atoms with van der Waals surface area (Å²) in [5.74, 6) is -0.251. The van der Waals surface area contributed by atoms with Gasteiger partial charge in [-0.15, -0.1) is 0 Å². The zero-order valence-electron chi connectivity index (χ0n) is 10.6. The Balaban J connectivity index is 2.74. The summed E-state index contributed by atoms with van der Waals surface area (Å²) in [5.41, 5.74) is 6.12. The maximum Gasteiger partial charge on any atom is 0.252 e. The lowest BCUT2D eigenvalue weighted by atomic mass is 9.94. The van der Waals surface area contributed by atoms with Crippen LogP contribution in [0.5, 0.6) is 0 Å². The van der Waals surface area contributed by atoms with Gasteiger partial charge < -0.3 is 11.1 Å². The molecule has 0 bridgehead atoms. The standard InChI is InChI=1S/C13H18Cl2N2O/c1-3-13(16,4-2)8-17-12(18)10-7-9(14)5-6-11(10)15/h5-7H,3-4,8,16H2,1-2H3,(H,17,18). The van der Waals surface area contributed by atoms with Crippen molar-refractivity contribution in [3.05, 3.63) is 33.8 Å². The van der Waals surface area contributed by atoms with Crippen LogP contribution >= 0.6 is 23.2 Å². The Morgan fingerprint density at radius 1 is 1.33 bits per heavy atom. The van der Waals surface area contributed by atoms with E-state index in [0.29, 0.717) is 22.2 Å². The fourth-order valence-corrected chi connectivity index (χ4v) is 1.90. The van der Waals surface area contributed by atoms with Gasteiger partial charge in [0.05, 0.1) is 10.6 Å². The molecule has 0 spiro atoms. The van der Waals surface area contributed by atoms with E-state index < -0.39 is 0 Å². The molecule has 1 aromatic rings. The second-order valence-corrected chi connectivity index (χ2v) is 5.22. The van der Waals surface area contributed by atoms with Gasteiger partial charge in [-0.25, -0.2) is 0 Å². The lowest BCUT2D eigenvalue weighted by Crippen LogP contribution is -2.49. The fourth-order valence-electron chi connectivity index (χ4n) is 1.52. The normalized spacial score (nSPS) is 11.4. The Morgan fingerprint density at radius 3 is 2.50 bits per heavy atom. The van der Waals surface area contributed by atoms with Crippen LogP contribution in [-0.4, -0.2) is 18.0 Å². The summed E-state index contributed by atoms with van der Waals surface area (Å²) < 4.78 is 0. The Labute approximate surface area is 118 Å². The first-order chi connectivity index (χ1) is 8.41. The van der Waals surface area contributed by atoms with Crippen LogP contribution in [0.15, 0.2) is 18.2 Å². The van der Waals surface area contributed by atoms with E-state index in [1.54, 1.807) is 18.2 Å². The summed E-state index contributed by atoms with van der Waals surface area (Å²) in [7, 11) is 0. The molecule has 0 radical (unpaired) electrons. The van der Waals surface area contributed by atoms with Gasteiger partial charge in [0, 0.05) is 17.1 Å². The van der Waals surface area contributed by atoms with E-state index in [1.165, 1.54) is 0 Å². The molecule has 3 N–H and O–H groups in total. The molecule has 0 saturated heterocycles. The van der Waals surface area contributed by atoms with Gasteiger partial charge in [-0.05, 0) is 31.0 Å². The molecule has 0 aliphatic rings. The van der Waals surface area contributed by atoms with Crippen molar-refractivity contribution in [1.82, 2.24) is 5.32 Å². The van der Waals surface area contributed by atoms with Gasteiger partial charge in [0.1, 0.15) is 0 Å². The number of amides is 1. The summed E-state index contributed by atoms with van der Waals surface area (Å²) in [6.07, 6.45) is 1.60. The average Bonchev–Trinajstić information content (AvgIpc) is 2.38. The highest BCUT2D eigenvalue weighted by molar-refractivity contribution is 6.35.